The summed E-state index contributed by atoms with van der Waals surface area (Å²) in [7, 11) is 0. The van der Waals surface area contributed by atoms with E-state index in [2.05, 4.69) is 38.3 Å². The van der Waals surface area contributed by atoms with Gasteiger partial charge in [-0.05, 0) is 66.5 Å². The quantitative estimate of drug-likeness (QED) is 0.896. The lowest BCUT2D eigenvalue weighted by atomic mass is 9.79. The molecule has 1 amide bonds. The topological polar surface area (TPSA) is 50.4 Å². The Morgan fingerprint density at radius 1 is 1.17 bits per heavy atom. The standard InChI is InChI=1S/C19H30N2O2/c1-13-7-9-16(10-8-13)23-14(2)17(22)20-15-11-18(3,4)21-19(5,6)12-15/h7-10,14-15,21H,11-12H2,1-6H3,(H,20,22)/t14-/m0/s1. The van der Waals surface area contributed by atoms with Crippen LogP contribution in [0.25, 0.3) is 0 Å². The highest BCUT2D eigenvalue weighted by Crippen LogP contribution is 2.28. The van der Waals surface area contributed by atoms with Crippen molar-refractivity contribution in [2.75, 3.05) is 0 Å². The van der Waals surface area contributed by atoms with Crippen molar-refractivity contribution >= 4 is 5.91 Å². The minimum atomic E-state index is -0.501. The van der Waals surface area contributed by atoms with Crippen molar-refractivity contribution < 1.29 is 9.53 Å². The van der Waals surface area contributed by atoms with E-state index >= 15 is 0 Å². The summed E-state index contributed by atoms with van der Waals surface area (Å²) in [6.45, 7) is 12.5. The highest BCUT2D eigenvalue weighted by Gasteiger charge is 2.38. The van der Waals surface area contributed by atoms with Gasteiger partial charge in [0.05, 0.1) is 0 Å². The van der Waals surface area contributed by atoms with Crippen molar-refractivity contribution in [2.45, 2.75) is 77.6 Å². The minimum Gasteiger partial charge on any atom is -0.481 e. The van der Waals surface area contributed by atoms with E-state index in [9.17, 15) is 4.79 Å². The van der Waals surface area contributed by atoms with Gasteiger partial charge in [-0.3, -0.25) is 4.79 Å². The van der Waals surface area contributed by atoms with Crippen molar-refractivity contribution in [1.29, 1.82) is 0 Å². The summed E-state index contributed by atoms with van der Waals surface area (Å²) in [4.78, 5) is 12.4. The van der Waals surface area contributed by atoms with Gasteiger partial charge in [-0.25, -0.2) is 0 Å². The second-order valence-electron chi connectivity index (χ2n) is 8.08. The predicted molar refractivity (Wildman–Crippen MR) is 93.7 cm³/mol. The third-order valence-corrected chi connectivity index (χ3v) is 4.24. The molecule has 4 nitrogen and oxygen atoms in total. The van der Waals surface area contributed by atoms with Crippen LogP contribution in [0.1, 0.15) is 53.0 Å². The first-order valence-corrected chi connectivity index (χ1v) is 8.39. The van der Waals surface area contributed by atoms with Gasteiger partial charge < -0.3 is 15.4 Å². The molecule has 2 N–H and O–H groups in total. The first kappa shape index (κ1) is 17.8. The highest BCUT2D eigenvalue weighted by atomic mass is 16.5. The van der Waals surface area contributed by atoms with Crippen LogP contribution in [0.5, 0.6) is 5.75 Å². The summed E-state index contributed by atoms with van der Waals surface area (Å²) in [5.41, 5.74) is 1.20. The van der Waals surface area contributed by atoms with Crippen LogP contribution in [0, 0.1) is 6.92 Å². The summed E-state index contributed by atoms with van der Waals surface area (Å²) >= 11 is 0. The van der Waals surface area contributed by atoms with Gasteiger partial charge in [0.1, 0.15) is 5.75 Å². The van der Waals surface area contributed by atoms with Crippen LogP contribution < -0.4 is 15.4 Å². The lowest BCUT2D eigenvalue weighted by Crippen LogP contribution is -2.62. The fraction of sp³-hybridized carbons (Fsp3) is 0.632. The fourth-order valence-electron chi connectivity index (χ4n) is 3.62. The summed E-state index contributed by atoms with van der Waals surface area (Å²) in [6, 6.07) is 7.93. The lowest BCUT2D eigenvalue weighted by molar-refractivity contribution is -0.128. The van der Waals surface area contributed by atoms with Gasteiger partial charge in [0.2, 0.25) is 0 Å². The van der Waals surface area contributed by atoms with Crippen LogP contribution in [-0.2, 0) is 4.79 Å². The van der Waals surface area contributed by atoms with Crippen molar-refractivity contribution in [3.8, 4) is 5.75 Å². The molecular formula is C19H30N2O2. The van der Waals surface area contributed by atoms with Crippen molar-refractivity contribution in [2.24, 2.45) is 0 Å². The van der Waals surface area contributed by atoms with Gasteiger partial charge in [0, 0.05) is 17.1 Å². The number of benzene rings is 1. The molecule has 0 aliphatic carbocycles. The molecule has 1 aliphatic heterocycles. The van der Waals surface area contributed by atoms with E-state index in [1.165, 1.54) is 5.56 Å². The number of hydrogen-bond acceptors (Lipinski definition) is 3. The monoisotopic (exact) mass is 318 g/mol. The Balaban J connectivity index is 1.94. The Bertz CT molecular complexity index is 533. The van der Waals surface area contributed by atoms with E-state index in [1.807, 2.05) is 31.2 Å². The molecule has 0 spiro atoms. The van der Waals surface area contributed by atoms with E-state index < -0.39 is 6.10 Å². The Hall–Kier alpha value is -1.55. The molecule has 0 aromatic heterocycles. The number of amides is 1. The summed E-state index contributed by atoms with van der Waals surface area (Å²) in [5.74, 6) is 0.674. The van der Waals surface area contributed by atoms with Crippen LogP contribution in [-0.4, -0.2) is 29.1 Å². The normalized spacial score (nSPS) is 21.5. The van der Waals surface area contributed by atoms with Crippen LogP contribution in [0.15, 0.2) is 24.3 Å². The van der Waals surface area contributed by atoms with Gasteiger partial charge in [0.25, 0.3) is 5.91 Å². The SMILES string of the molecule is Cc1ccc(O[C@@H](C)C(=O)NC2CC(C)(C)NC(C)(C)C2)cc1. The molecule has 0 unspecified atom stereocenters. The average Bonchev–Trinajstić information content (AvgIpc) is 2.37. The fourth-order valence-corrected chi connectivity index (χ4v) is 3.62. The minimum absolute atomic E-state index is 0.0146. The molecule has 4 heteroatoms. The maximum Gasteiger partial charge on any atom is 0.260 e. The molecule has 0 bridgehead atoms. The Morgan fingerprint density at radius 3 is 2.22 bits per heavy atom. The number of ether oxygens (including phenoxy) is 1. The average molecular weight is 318 g/mol. The van der Waals surface area contributed by atoms with Gasteiger partial charge in [-0.15, -0.1) is 0 Å². The molecule has 2 rings (SSSR count). The Kier molecular flexibility index (Phi) is 5.04. The second-order valence-corrected chi connectivity index (χ2v) is 8.08. The van der Waals surface area contributed by atoms with Crippen LogP contribution in [0.2, 0.25) is 0 Å². The first-order chi connectivity index (χ1) is 10.6. The molecule has 1 aliphatic rings. The molecule has 0 radical (unpaired) electrons. The maximum absolute atomic E-state index is 12.4. The number of hydrogen-bond donors (Lipinski definition) is 2. The molecule has 1 atom stereocenters. The maximum atomic E-state index is 12.4. The van der Waals surface area contributed by atoms with Gasteiger partial charge in [-0.1, -0.05) is 17.7 Å². The zero-order valence-corrected chi connectivity index (χ0v) is 15.2. The zero-order chi connectivity index (χ0) is 17.3. The van der Waals surface area contributed by atoms with E-state index in [0.29, 0.717) is 0 Å². The van der Waals surface area contributed by atoms with Crippen molar-refractivity contribution in [3.05, 3.63) is 29.8 Å². The van der Waals surface area contributed by atoms with Crippen LogP contribution in [0.3, 0.4) is 0 Å². The molecule has 1 saturated heterocycles. The van der Waals surface area contributed by atoms with E-state index in [0.717, 1.165) is 18.6 Å². The van der Waals surface area contributed by atoms with E-state index in [-0.39, 0.29) is 23.0 Å². The zero-order valence-electron chi connectivity index (χ0n) is 15.2. The number of carbonyl (C=O) groups is 1. The number of nitrogens with one attached hydrogen (secondary N) is 2. The van der Waals surface area contributed by atoms with Crippen molar-refractivity contribution in [3.63, 3.8) is 0 Å². The Morgan fingerprint density at radius 2 is 1.70 bits per heavy atom. The summed E-state index contributed by atoms with van der Waals surface area (Å²) in [5, 5.41) is 6.78. The second kappa shape index (κ2) is 6.52. The van der Waals surface area contributed by atoms with Gasteiger partial charge in [-0.2, -0.15) is 0 Å². The first-order valence-electron chi connectivity index (χ1n) is 8.39. The number of piperidine rings is 1. The third kappa shape index (κ3) is 5.24. The van der Waals surface area contributed by atoms with Crippen molar-refractivity contribution in [1.82, 2.24) is 10.6 Å². The molecule has 0 saturated carbocycles. The highest BCUT2D eigenvalue weighted by molar-refractivity contribution is 5.81. The summed E-state index contributed by atoms with van der Waals surface area (Å²) < 4.78 is 5.75. The number of aryl methyl sites for hydroxylation is 1. The smallest absolute Gasteiger partial charge is 0.260 e. The largest absolute Gasteiger partial charge is 0.481 e. The van der Waals surface area contributed by atoms with Gasteiger partial charge in [0.15, 0.2) is 6.10 Å². The van der Waals surface area contributed by atoms with Gasteiger partial charge >= 0.3 is 0 Å². The molecule has 23 heavy (non-hydrogen) atoms. The molecule has 1 fully saturated rings. The predicted octanol–water partition coefficient (Wildman–Crippen LogP) is 3.19. The number of carbonyl (C=O) groups excluding carboxylic acids is 1. The molecule has 128 valence electrons. The van der Waals surface area contributed by atoms with Crippen LogP contribution in [0.4, 0.5) is 0 Å². The molecule has 1 heterocycles. The molecule has 1 aromatic rings. The van der Waals surface area contributed by atoms with Crippen LogP contribution >= 0.6 is 0 Å². The lowest BCUT2D eigenvalue weighted by Gasteiger charge is -2.46. The number of rotatable bonds is 4. The van der Waals surface area contributed by atoms with E-state index in [4.69, 9.17) is 4.74 Å². The summed E-state index contributed by atoms with van der Waals surface area (Å²) in [6.07, 6.45) is 1.33. The van der Waals surface area contributed by atoms with E-state index in [1.54, 1.807) is 6.92 Å². The molecule has 1 aromatic carbocycles. The molecular weight excluding hydrogens is 288 g/mol. The Labute approximate surface area is 140 Å². The third-order valence-electron chi connectivity index (χ3n) is 4.24.